The van der Waals surface area contributed by atoms with Gasteiger partial charge in [0.25, 0.3) is 0 Å². The van der Waals surface area contributed by atoms with Crippen molar-refractivity contribution in [3.05, 3.63) is 45.4 Å². The Balaban J connectivity index is 2.60. The number of rotatable bonds is 0. The lowest BCUT2D eigenvalue weighted by Gasteiger charge is -1.94. The molecule has 0 saturated carbocycles. The zero-order chi connectivity index (χ0) is 11.3. The van der Waals surface area contributed by atoms with Crippen LogP contribution < -0.4 is 0 Å². The average Bonchev–Trinajstić information content (AvgIpc) is 2.65. The molecule has 80 valence electrons. The van der Waals surface area contributed by atoms with Crippen molar-refractivity contribution in [1.29, 1.82) is 0 Å². The van der Waals surface area contributed by atoms with Gasteiger partial charge in [-0.3, -0.25) is 0 Å². The lowest BCUT2D eigenvalue weighted by atomic mass is 10.1. The van der Waals surface area contributed by atoms with E-state index in [9.17, 15) is 0 Å². The second kappa shape index (κ2) is 3.56. The Morgan fingerprint density at radius 2 is 1.50 bits per heavy atom. The molecule has 2 aromatic carbocycles. The molecule has 16 heavy (non-hydrogen) atoms. The molecule has 0 amide bonds. The standard InChI is InChI=1S/C12H5Cl3O/c13-8-5-4-7-6-2-1-3-9(14)11(6)16-12(7)10(8)15/h1-5H. The molecular formula is C12H5Cl3O. The molecule has 3 aromatic rings. The number of fused-ring (bicyclic) bond motifs is 3. The van der Waals surface area contributed by atoms with Crippen molar-refractivity contribution >= 4 is 56.7 Å². The summed E-state index contributed by atoms with van der Waals surface area (Å²) in [5.74, 6) is 0. The number of halogens is 3. The molecule has 0 N–H and O–H groups in total. The first kappa shape index (κ1) is 10.3. The van der Waals surface area contributed by atoms with Gasteiger partial charge >= 0.3 is 0 Å². The van der Waals surface area contributed by atoms with Crippen LogP contribution in [0.4, 0.5) is 0 Å². The van der Waals surface area contributed by atoms with Crippen LogP contribution in [0.3, 0.4) is 0 Å². The van der Waals surface area contributed by atoms with Crippen LogP contribution in [0.2, 0.25) is 15.1 Å². The van der Waals surface area contributed by atoms with Gasteiger partial charge in [0.15, 0.2) is 11.2 Å². The summed E-state index contributed by atoms with van der Waals surface area (Å²) in [6.45, 7) is 0. The fourth-order valence-corrected chi connectivity index (χ4v) is 2.34. The Bertz CT molecular complexity index is 700. The maximum Gasteiger partial charge on any atom is 0.155 e. The van der Waals surface area contributed by atoms with E-state index < -0.39 is 0 Å². The predicted molar refractivity (Wildman–Crippen MR) is 68.8 cm³/mol. The third-order valence-electron chi connectivity index (χ3n) is 2.51. The molecule has 0 radical (unpaired) electrons. The molecule has 0 spiro atoms. The van der Waals surface area contributed by atoms with Crippen molar-refractivity contribution in [3.8, 4) is 0 Å². The van der Waals surface area contributed by atoms with Gasteiger partial charge in [-0.25, -0.2) is 0 Å². The van der Waals surface area contributed by atoms with Crippen molar-refractivity contribution < 1.29 is 4.42 Å². The van der Waals surface area contributed by atoms with Gasteiger partial charge in [0, 0.05) is 10.8 Å². The summed E-state index contributed by atoms with van der Waals surface area (Å²) < 4.78 is 5.65. The monoisotopic (exact) mass is 270 g/mol. The van der Waals surface area contributed by atoms with Crippen molar-refractivity contribution in [2.75, 3.05) is 0 Å². The number of hydrogen-bond acceptors (Lipinski definition) is 1. The fourth-order valence-electron chi connectivity index (χ4n) is 1.77. The van der Waals surface area contributed by atoms with Crippen LogP contribution in [0.5, 0.6) is 0 Å². The second-order valence-corrected chi connectivity index (χ2v) is 4.65. The minimum absolute atomic E-state index is 0.423. The predicted octanol–water partition coefficient (Wildman–Crippen LogP) is 5.55. The Hall–Kier alpha value is -0.890. The summed E-state index contributed by atoms with van der Waals surface area (Å²) in [4.78, 5) is 0. The second-order valence-electron chi connectivity index (χ2n) is 3.46. The van der Waals surface area contributed by atoms with E-state index in [0.717, 1.165) is 10.8 Å². The van der Waals surface area contributed by atoms with Gasteiger partial charge in [-0.05, 0) is 18.2 Å². The van der Waals surface area contributed by atoms with E-state index in [-0.39, 0.29) is 0 Å². The maximum atomic E-state index is 6.08. The van der Waals surface area contributed by atoms with Crippen molar-refractivity contribution in [2.45, 2.75) is 0 Å². The fraction of sp³-hybridized carbons (Fsp3) is 0. The van der Waals surface area contributed by atoms with Crippen LogP contribution in [0, 0.1) is 0 Å². The van der Waals surface area contributed by atoms with Crippen molar-refractivity contribution in [1.82, 2.24) is 0 Å². The number of para-hydroxylation sites is 1. The average molecular weight is 272 g/mol. The van der Waals surface area contributed by atoms with Crippen LogP contribution in [-0.4, -0.2) is 0 Å². The number of benzene rings is 2. The quantitative estimate of drug-likeness (QED) is 0.523. The minimum atomic E-state index is 0.423. The molecule has 0 aliphatic rings. The highest BCUT2D eigenvalue weighted by atomic mass is 35.5. The summed E-state index contributed by atoms with van der Waals surface area (Å²) in [5.41, 5.74) is 1.22. The van der Waals surface area contributed by atoms with Crippen molar-refractivity contribution in [2.24, 2.45) is 0 Å². The van der Waals surface area contributed by atoms with Crippen LogP contribution >= 0.6 is 34.8 Å². The van der Waals surface area contributed by atoms with Gasteiger partial charge in [0.1, 0.15) is 5.02 Å². The van der Waals surface area contributed by atoms with E-state index in [1.807, 2.05) is 18.2 Å². The van der Waals surface area contributed by atoms with E-state index >= 15 is 0 Å². The Labute approximate surface area is 106 Å². The van der Waals surface area contributed by atoms with Gasteiger partial charge < -0.3 is 4.42 Å². The third kappa shape index (κ3) is 1.32. The first-order valence-corrected chi connectivity index (χ1v) is 5.76. The minimum Gasteiger partial charge on any atom is -0.453 e. The molecule has 0 aliphatic heterocycles. The first-order valence-electron chi connectivity index (χ1n) is 4.63. The molecule has 1 nitrogen and oxygen atoms in total. The molecule has 0 saturated heterocycles. The molecule has 1 aromatic heterocycles. The van der Waals surface area contributed by atoms with Gasteiger partial charge in [0.05, 0.1) is 10.0 Å². The molecule has 0 atom stereocenters. The maximum absolute atomic E-state index is 6.08. The largest absolute Gasteiger partial charge is 0.453 e. The molecule has 4 heteroatoms. The van der Waals surface area contributed by atoms with Crippen LogP contribution in [-0.2, 0) is 0 Å². The molecule has 0 bridgehead atoms. The van der Waals surface area contributed by atoms with E-state index in [0.29, 0.717) is 26.2 Å². The summed E-state index contributed by atoms with van der Waals surface area (Å²) in [7, 11) is 0. The van der Waals surface area contributed by atoms with Crippen LogP contribution in [0.1, 0.15) is 0 Å². The number of furan rings is 1. The molecule has 1 heterocycles. The van der Waals surface area contributed by atoms with Gasteiger partial charge in [-0.1, -0.05) is 46.9 Å². The molecule has 0 unspecified atom stereocenters. The Kier molecular flexibility index (Phi) is 2.28. The zero-order valence-electron chi connectivity index (χ0n) is 7.93. The molecule has 0 aliphatic carbocycles. The topological polar surface area (TPSA) is 13.1 Å². The van der Waals surface area contributed by atoms with E-state index in [2.05, 4.69) is 0 Å². The summed E-state index contributed by atoms with van der Waals surface area (Å²) >= 11 is 18.1. The summed E-state index contributed by atoms with van der Waals surface area (Å²) in [6, 6.07) is 9.23. The summed E-state index contributed by atoms with van der Waals surface area (Å²) in [6.07, 6.45) is 0. The normalized spacial score (nSPS) is 11.4. The highest BCUT2D eigenvalue weighted by molar-refractivity contribution is 6.45. The first-order chi connectivity index (χ1) is 7.68. The number of hydrogen-bond donors (Lipinski definition) is 0. The molecule has 3 rings (SSSR count). The van der Waals surface area contributed by atoms with Crippen molar-refractivity contribution in [3.63, 3.8) is 0 Å². The van der Waals surface area contributed by atoms with Crippen LogP contribution in [0.25, 0.3) is 21.9 Å². The summed E-state index contributed by atoms with van der Waals surface area (Å²) in [5, 5.41) is 3.34. The molecular weight excluding hydrogens is 266 g/mol. The van der Waals surface area contributed by atoms with Gasteiger partial charge in [-0.15, -0.1) is 0 Å². The molecule has 0 fully saturated rings. The van der Waals surface area contributed by atoms with E-state index in [1.54, 1.807) is 12.1 Å². The Morgan fingerprint density at radius 1 is 0.750 bits per heavy atom. The lowest BCUT2D eigenvalue weighted by molar-refractivity contribution is 0.669. The Morgan fingerprint density at radius 3 is 2.31 bits per heavy atom. The van der Waals surface area contributed by atoms with E-state index in [4.69, 9.17) is 39.2 Å². The van der Waals surface area contributed by atoms with Gasteiger partial charge in [0.2, 0.25) is 0 Å². The lowest BCUT2D eigenvalue weighted by Crippen LogP contribution is -1.70. The van der Waals surface area contributed by atoms with Gasteiger partial charge in [-0.2, -0.15) is 0 Å². The zero-order valence-corrected chi connectivity index (χ0v) is 10.2. The SMILES string of the molecule is Clc1ccc2c(oc3c(Cl)cccc32)c1Cl. The smallest absolute Gasteiger partial charge is 0.155 e. The third-order valence-corrected chi connectivity index (χ3v) is 3.60. The highest BCUT2D eigenvalue weighted by Gasteiger charge is 2.13. The highest BCUT2D eigenvalue weighted by Crippen LogP contribution is 2.39. The van der Waals surface area contributed by atoms with Crippen LogP contribution in [0.15, 0.2) is 34.7 Å². The van der Waals surface area contributed by atoms with E-state index in [1.165, 1.54) is 0 Å².